The van der Waals surface area contributed by atoms with Crippen LogP contribution >= 0.6 is 0 Å². The lowest BCUT2D eigenvalue weighted by atomic mass is 10.1. The van der Waals surface area contributed by atoms with Crippen molar-refractivity contribution in [3.05, 3.63) is 23.8 Å². The van der Waals surface area contributed by atoms with Crippen LogP contribution in [0.2, 0.25) is 0 Å². The van der Waals surface area contributed by atoms with Crippen LogP contribution in [-0.2, 0) is 4.74 Å². The van der Waals surface area contributed by atoms with E-state index < -0.39 is 6.10 Å². The van der Waals surface area contributed by atoms with E-state index in [0.29, 0.717) is 23.6 Å². The first-order chi connectivity index (χ1) is 10.6. The average molecular weight is 310 g/mol. The van der Waals surface area contributed by atoms with Gasteiger partial charge in [-0.25, -0.2) is 0 Å². The molecule has 6 heteroatoms. The fourth-order valence-corrected chi connectivity index (χ4v) is 2.45. The van der Waals surface area contributed by atoms with Crippen LogP contribution in [0, 0.1) is 0 Å². The standard InChI is InChI=1S/C16H23NO5/c1-12(18)13-3-4-15(16(9-13)20-2)22-11-14(19)10-17-5-7-21-8-6-17/h3-4,9,14,19H,5-8,10-11H2,1-2H3/p+1/t14-/m1/s1. The number of carbonyl (C=O) groups excluding carboxylic acids is 1. The number of aliphatic hydroxyl groups excluding tert-OH is 1. The Morgan fingerprint density at radius 3 is 2.73 bits per heavy atom. The summed E-state index contributed by atoms with van der Waals surface area (Å²) < 4.78 is 16.2. The molecule has 1 atom stereocenters. The highest BCUT2D eigenvalue weighted by molar-refractivity contribution is 5.94. The fraction of sp³-hybridized carbons (Fsp3) is 0.562. The predicted octanol–water partition coefficient (Wildman–Crippen LogP) is -0.447. The molecule has 0 aromatic heterocycles. The van der Waals surface area contributed by atoms with E-state index in [1.165, 1.54) is 18.9 Å². The molecule has 1 aromatic carbocycles. The zero-order valence-corrected chi connectivity index (χ0v) is 13.1. The zero-order valence-electron chi connectivity index (χ0n) is 13.1. The summed E-state index contributed by atoms with van der Waals surface area (Å²) in [5, 5.41) is 10.1. The molecule has 22 heavy (non-hydrogen) atoms. The van der Waals surface area contributed by atoms with Gasteiger partial charge in [0.2, 0.25) is 0 Å². The number of hydrogen-bond donors (Lipinski definition) is 2. The van der Waals surface area contributed by atoms with E-state index in [1.807, 2.05) is 0 Å². The van der Waals surface area contributed by atoms with E-state index in [1.54, 1.807) is 18.2 Å². The maximum Gasteiger partial charge on any atom is 0.161 e. The number of methoxy groups -OCH3 is 1. The van der Waals surface area contributed by atoms with Gasteiger partial charge in [0.25, 0.3) is 0 Å². The van der Waals surface area contributed by atoms with Gasteiger partial charge < -0.3 is 24.2 Å². The molecule has 0 unspecified atom stereocenters. The molecule has 0 radical (unpaired) electrons. The van der Waals surface area contributed by atoms with Gasteiger partial charge in [0.05, 0.1) is 20.3 Å². The number of ether oxygens (including phenoxy) is 3. The molecule has 1 aliphatic rings. The number of rotatable bonds is 7. The third-order valence-corrected chi connectivity index (χ3v) is 3.73. The van der Waals surface area contributed by atoms with Crippen molar-refractivity contribution in [3.63, 3.8) is 0 Å². The van der Waals surface area contributed by atoms with E-state index in [4.69, 9.17) is 14.2 Å². The van der Waals surface area contributed by atoms with Crippen molar-refractivity contribution in [2.75, 3.05) is 46.6 Å². The minimum absolute atomic E-state index is 0.0270. The Labute approximate surface area is 130 Å². The van der Waals surface area contributed by atoms with Crippen molar-refractivity contribution in [1.82, 2.24) is 0 Å². The van der Waals surface area contributed by atoms with Crippen LogP contribution < -0.4 is 14.4 Å². The van der Waals surface area contributed by atoms with Crippen LogP contribution in [0.4, 0.5) is 0 Å². The Hall–Kier alpha value is -1.63. The van der Waals surface area contributed by atoms with Crippen LogP contribution in [0.25, 0.3) is 0 Å². The second-order valence-electron chi connectivity index (χ2n) is 5.45. The van der Waals surface area contributed by atoms with Crippen molar-refractivity contribution in [3.8, 4) is 11.5 Å². The van der Waals surface area contributed by atoms with Gasteiger partial charge in [-0.05, 0) is 25.1 Å². The van der Waals surface area contributed by atoms with Crippen molar-refractivity contribution >= 4 is 5.78 Å². The third-order valence-electron chi connectivity index (χ3n) is 3.73. The van der Waals surface area contributed by atoms with Crippen LogP contribution in [0.1, 0.15) is 17.3 Å². The predicted molar refractivity (Wildman–Crippen MR) is 80.9 cm³/mol. The Kier molecular flexibility index (Phi) is 6.18. The quantitative estimate of drug-likeness (QED) is 0.668. The Morgan fingerprint density at radius 1 is 1.36 bits per heavy atom. The SMILES string of the molecule is COc1cc(C(C)=O)ccc1OC[C@H](O)C[NH+]1CCOCC1. The number of Topliss-reactive ketones (excluding diaryl/α,β-unsaturated/α-hetero) is 1. The fourth-order valence-electron chi connectivity index (χ4n) is 2.45. The van der Waals surface area contributed by atoms with Crippen LogP contribution in [0.15, 0.2) is 18.2 Å². The number of aliphatic hydroxyl groups is 1. The number of quaternary nitrogens is 1. The molecule has 0 spiro atoms. The maximum atomic E-state index is 11.4. The van der Waals surface area contributed by atoms with E-state index in [0.717, 1.165) is 26.3 Å². The molecule has 1 aromatic rings. The molecular weight excluding hydrogens is 286 g/mol. The summed E-state index contributed by atoms with van der Waals surface area (Å²) in [6, 6.07) is 5.04. The van der Waals surface area contributed by atoms with Crippen molar-refractivity contribution in [2.45, 2.75) is 13.0 Å². The number of hydrogen-bond acceptors (Lipinski definition) is 5. The number of benzene rings is 1. The summed E-state index contributed by atoms with van der Waals surface area (Å²) >= 11 is 0. The average Bonchev–Trinajstić information content (AvgIpc) is 2.53. The van der Waals surface area contributed by atoms with Gasteiger partial charge >= 0.3 is 0 Å². The molecule has 2 N–H and O–H groups in total. The minimum atomic E-state index is -0.551. The highest BCUT2D eigenvalue weighted by Crippen LogP contribution is 2.28. The van der Waals surface area contributed by atoms with Gasteiger partial charge in [0.15, 0.2) is 17.3 Å². The summed E-state index contributed by atoms with van der Waals surface area (Å²) in [6.45, 7) is 5.63. The van der Waals surface area contributed by atoms with Crippen molar-refractivity contribution < 1.29 is 29.0 Å². The Morgan fingerprint density at radius 2 is 2.09 bits per heavy atom. The molecule has 1 saturated heterocycles. The monoisotopic (exact) mass is 310 g/mol. The first kappa shape index (κ1) is 16.7. The van der Waals surface area contributed by atoms with Crippen molar-refractivity contribution in [2.24, 2.45) is 0 Å². The number of ketones is 1. The minimum Gasteiger partial charge on any atom is -0.493 e. The van der Waals surface area contributed by atoms with Gasteiger partial charge in [0, 0.05) is 5.56 Å². The lowest BCUT2D eigenvalue weighted by Gasteiger charge is -2.25. The molecule has 0 saturated carbocycles. The normalized spacial score (nSPS) is 17.0. The molecular formula is C16H24NO5+. The third kappa shape index (κ3) is 4.69. The smallest absolute Gasteiger partial charge is 0.161 e. The summed E-state index contributed by atoms with van der Waals surface area (Å²) in [7, 11) is 1.53. The van der Waals surface area contributed by atoms with Gasteiger partial charge in [-0.15, -0.1) is 0 Å². The van der Waals surface area contributed by atoms with E-state index >= 15 is 0 Å². The van der Waals surface area contributed by atoms with Gasteiger partial charge in [-0.2, -0.15) is 0 Å². The van der Waals surface area contributed by atoms with E-state index in [9.17, 15) is 9.90 Å². The Balaban J connectivity index is 1.88. The van der Waals surface area contributed by atoms with Crippen LogP contribution in [0.5, 0.6) is 11.5 Å². The lowest BCUT2D eigenvalue weighted by molar-refractivity contribution is -0.911. The van der Waals surface area contributed by atoms with E-state index in [-0.39, 0.29) is 12.4 Å². The summed E-state index contributed by atoms with van der Waals surface area (Å²) in [5.41, 5.74) is 0.572. The highest BCUT2D eigenvalue weighted by Gasteiger charge is 2.19. The molecule has 122 valence electrons. The highest BCUT2D eigenvalue weighted by atomic mass is 16.5. The summed E-state index contributed by atoms with van der Waals surface area (Å²) in [5.74, 6) is 1.00. The first-order valence-corrected chi connectivity index (χ1v) is 7.51. The van der Waals surface area contributed by atoms with Gasteiger partial charge in [-0.3, -0.25) is 4.79 Å². The molecule has 6 nitrogen and oxygen atoms in total. The second-order valence-corrected chi connectivity index (χ2v) is 5.45. The summed E-state index contributed by atoms with van der Waals surface area (Å²) in [6.07, 6.45) is -0.551. The van der Waals surface area contributed by atoms with Crippen LogP contribution in [-0.4, -0.2) is 63.6 Å². The van der Waals surface area contributed by atoms with E-state index in [2.05, 4.69) is 0 Å². The second kappa shape index (κ2) is 8.12. The molecule has 1 fully saturated rings. The molecule has 0 amide bonds. The first-order valence-electron chi connectivity index (χ1n) is 7.51. The van der Waals surface area contributed by atoms with Gasteiger partial charge in [-0.1, -0.05) is 0 Å². The molecule has 2 rings (SSSR count). The number of morpholine rings is 1. The Bertz CT molecular complexity index is 499. The molecule has 1 heterocycles. The maximum absolute atomic E-state index is 11.4. The lowest BCUT2D eigenvalue weighted by Crippen LogP contribution is -3.15. The number of nitrogens with one attached hydrogen (secondary N) is 1. The van der Waals surface area contributed by atoms with Crippen molar-refractivity contribution in [1.29, 1.82) is 0 Å². The zero-order chi connectivity index (χ0) is 15.9. The molecule has 1 aliphatic heterocycles. The van der Waals surface area contributed by atoms with Gasteiger partial charge in [0.1, 0.15) is 32.3 Å². The molecule has 0 aliphatic carbocycles. The number of carbonyl (C=O) groups is 1. The largest absolute Gasteiger partial charge is 0.493 e. The molecule has 0 bridgehead atoms. The summed E-state index contributed by atoms with van der Waals surface area (Å²) in [4.78, 5) is 12.7. The van der Waals surface area contributed by atoms with Crippen LogP contribution in [0.3, 0.4) is 0 Å². The topological polar surface area (TPSA) is 69.4 Å².